The zero-order valence-electron chi connectivity index (χ0n) is 29.4. The fourth-order valence-corrected chi connectivity index (χ4v) is 8.17. The number of phenols is 2. The number of aliphatic imine (C=N–C) groups is 1. The molecule has 4 aliphatic rings. The standard InChI is InChI=1S/C36H40N2O15/c1-13-9-15-10-20(40)36(52-5)32(46)23-17(31(45)35(36,49)24(15)27(43)21(13)34(47)48)11-16-22(26(23)42)18(37-7-6-8-39)12-19(25(16)41)38-33-30(51-4)28(44)29(50-3)14(2)53-33/h9,11-12,14,20,28-30,33,38-40,42-44,49H,6-8,10H2,1-5H3,(H,47,48)/b37-18+. The number of aryl methyl sites for hydroxylation is 1. The summed E-state index contributed by atoms with van der Waals surface area (Å²) in [7, 11) is 3.63. The first-order valence-corrected chi connectivity index (χ1v) is 16.7. The number of nitrogens with zero attached hydrogens (tertiary/aromatic N) is 1. The number of carbonyl (C=O) groups excluding carboxylic acids is 3. The van der Waals surface area contributed by atoms with E-state index >= 15 is 0 Å². The third-order valence-electron chi connectivity index (χ3n) is 10.6. The maximum atomic E-state index is 14.7. The average Bonchev–Trinajstić information content (AvgIpc) is 3.09. The Morgan fingerprint density at radius 2 is 1.70 bits per heavy atom. The van der Waals surface area contributed by atoms with Crippen LogP contribution in [0.4, 0.5) is 0 Å². The van der Waals surface area contributed by atoms with Crippen LogP contribution in [-0.4, -0.2) is 142 Å². The summed E-state index contributed by atoms with van der Waals surface area (Å²) in [5, 5.41) is 80.3. The van der Waals surface area contributed by atoms with Crippen molar-refractivity contribution in [1.82, 2.24) is 5.32 Å². The average molecular weight is 741 g/mol. The summed E-state index contributed by atoms with van der Waals surface area (Å²) in [6, 6.07) is 2.21. The van der Waals surface area contributed by atoms with E-state index in [1.54, 1.807) is 6.92 Å². The van der Waals surface area contributed by atoms with Crippen molar-refractivity contribution in [2.75, 3.05) is 34.5 Å². The highest BCUT2D eigenvalue weighted by molar-refractivity contribution is 6.31. The minimum atomic E-state index is -3.26. The van der Waals surface area contributed by atoms with E-state index in [0.717, 1.165) is 13.2 Å². The number of aliphatic hydroxyl groups is 4. The van der Waals surface area contributed by atoms with Crippen molar-refractivity contribution in [1.29, 1.82) is 0 Å². The number of Topliss-reactive ketones (excluding diaryl/α,β-unsaturated/α-hetero) is 3. The lowest BCUT2D eigenvalue weighted by molar-refractivity contribution is -0.236. The fourth-order valence-electron chi connectivity index (χ4n) is 8.17. The van der Waals surface area contributed by atoms with Crippen LogP contribution in [0.1, 0.15) is 77.0 Å². The van der Waals surface area contributed by atoms with E-state index in [1.807, 2.05) is 0 Å². The first-order chi connectivity index (χ1) is 25.1. The van der Waals surface area contributed by atoms with Crippen LogP contribution in [0, 0.1) is 6.92 Å². The zero-order chi connectivity index (χ0) is 38.9. The van der Waals surface area contributed by atoms with Crippen molar-refractivity contribution in [3.8, 4) is 11.5 Å². The number of rotatable bonds is 9. The van der Waals surface area contributed by atoms with E-state index in [0.29, 0.717) is 0 Å². The molecule has 0 radical (unpaired) electrons. The SMILES string of the molecule is COC1C(C)OC(NC2=C/C(=N\CCCO)c3c(cc4c(c3O)C(=O)C3(OC)C(O)Cc5cc(C)c(C(=O)O)c(O)c5C3(O)C4=O)C2=O)C(OC)C1O. The largest absolute Gasteiger partial charge is 0.507 e. The second-order valence-electron chi connectivity index (χ2n) is 13.4. The van der Waals surface area contributed by atoms with Crippen molar-refractivity contribution >= 4 is 29.0 Å². The van der Waals surface area contributed by atoms with Crippen LogP contribution in [0.5, 0.6) is 11.5 Å². The van der Waals surface area contributed by atoms with Gasteiger partial charge in [-0.1, -0.05) is 6.07 Å². The number of allylic oxidation sites excluding steroid dienone is 2. The number of hydrogen-bond donors (Lipinski definition) is 8. The minimum absolute atomic E-state index is 0.0135. The summed E-state index contributed by atoms with van der Waals surface area (Å²) in [5.41, 5.74) is -9.86. The van der Waals surface area contributed by atoms with Gasteiger partial charge in [0.1, 0.15) is 35.4 Å². The van der Waals surface area contributed by atoms with Crippen LogP contribution >= 0.6 is 0 Å². The maximum absolute atomic E-state index is 14.7. The molecule has 0 aromatic heterocycles. The number of methoxy groups -OCH3 is 3. The number of ether oxygens (including phenoxy) is 4. The molecule has 0 bridgehead atoms. The van der Waals surface area contributed by atoms with Gasteiger partial charge in [0.05, 0.1) is 34.7 Å². The van der Waals surface area contributed by atoms with Gasteiger partial charge in [-0.25, -0.2) is 4.79 Å². The van der Waals surface area contributed by atoms with Gasteiger partial charge in [0.15, 0.2) is 17.4 Å². The fraction of sp³-hybridized carbons (Fsp3) is 0.472. The zero-order valence-corrected chi connectivity index (χ0v) is 29.4. The number of fused-ring (bicyclic) bond motifs is 5. The number of nitrogens with one attached hydrogen (secondary N) is 1. The molecule has 1 aliphatic heterocycles. The van der Waals surface area contributed by atoms with E-state index in [1.165, 1.54) is 33.3 Å². The molecule has 8 atom stereocenters. The summed E-state index contributed by atoms with van der Waals surface area (Å²) in [4.78, 5) is 60.2. The van der Waals surface area contributed by atoms with Crippen molar-refractivity contribution in [3.63, 3.8) is 0 Å². The number of carboxylic acids is 1. The number of carbonyl (C=O) groups is 4. The van der Waals surface area contributed by atoms with Crippen LogP contribution in [-0.2, 0) is 31.0 Å². The van der Waals surface area contributed by atoms with Crippen LogP contribution < -0.4 is 5.32 Å². The number of hydrogen-bond acceptors (Lipinski definition) is 16. The monoisotopic (exact) mass is 740 g/mol. The van der Waals surface area contributed by atoms with Gasteiger partial charge in [0.2, 0.25) is 17.3 Å². The number of phenolic OH excluding ortho intramolecular Hbond substituents is 1. The normalized spacial score (nSPS) is 31.4. The molecule has 0 amide bonds. The van der Waals surface area contributed by atoms with Gasteiger partial charge < -0.3 is 60.0 Å². The molecule has 17 nitrogen and oxygen atoms in total. The molecule has 0 spiro atoms. The number of aliphatic hydroxyl groups excluding tert-OH is 3. The summed E-state index contributed by atoms with van der Waals surface area (Å²) < 4.78 is 22.3. The Labute approximate surface area is 302 Å². The summed E-state index contributed by atoms with van der Waals surface area (Å²) >= 11 is 0. The van der Waals surface area contributed by atoms with Crippen LogP contribution in [0.15, 0.2) is 28.9 Å². The first kappa shape index (κ1) is 38.1. The number of benzene rings is 2. The molecule has 1 saturated heterocycles. The second-order valence-corrected chi connectivity index (χ2v) is 13.4. The second kappa shape index (κ2) is 13.7. The lowest BCUT2D eigenvalue weighted by atomic mass is 9.56. The van der Waals surface area contributed by atoms with Crippen molar-refractivity contribution in [2.24, 2.45) is 4.99 Å². The highest BCUT2D eigenvalue weighted by Gasteiger charge is 2.72. The molecular formula is C36H40N2O15. The Morgan fingerprint density at radius 1 is 1.02 bits per heavy atom. The van der Waals surface area contributed by atoms with E-state index in [2.05, 4.69) is 10.3 Å². The van der Waals surface area contributed by atoms with E-state index in [-0.39, 0.29) is 53.2 Å². The molecule has 284 valence electrons. The highest BCUT2D eigenvalue weighted by atomic mass is 16.6. The predicted octanol–water partition coefficient (Wildman–Crippen LogP) is -0.350. The lowest BCUT2D eigenvalue weighted by Crippen LogP contribution is -2.73. The number of carboxylic acid groups (broad SMARTS) is 1. The quantitative estimate of drug-likeness (QED) is 0.153. The summed E-state index contributed by atoms with van der Waals surface area (Å²) in [6.45, 7) is 2.73. The molecule has 3 aliphatic carbocycles. The Bertz CT molecular complexity index is 1990. The molecule has 2 aromatic carbocycles. The summed E-state index contributed by atoms with van der Waals surface area (Å²) in [6.07, 6.45) is -5.88. The minimum Gasteiger partial charge on any atom is -0.507 e. The molecule has 0 saturated carbocycles. The van der Waals surface area contributed by atoms with E-state index < -0.39 is 111 Å². The van der Waals surface area contributed by atoms with Gasteiger partial charge in [0.25, 0.3) is 0 Å². The Morgan fingerprint density at radius 3 is 2.30 bits per heavy atom. The number of aromatic carboxylic acids is 1. The third kappa shape index (κ3) is 5.25. The molecule has 1 heterocycles. The van der Waals surface area contributed by atoms with Gasteiger partial charge in [-0.15, -0.1) is 0 Å². The molecule has 2 aromatic rings. The number of ketones is 3. The van der Waals surface area contributed by atoms with Gasteiger partial charge in [0, 0.05) is 57.6 Å². The smallest absolute Gasteiger partial charge is 0.339 e. The van der Waals surface area contributed by atoms with Gasteiger partial charge in [-0.3, -0.25) is 19.4 Å². The molecular weight excluding hydrogens is 700 g/mol. The van der Waals surface area contributed by atoms with E-state index in [4.69, 9.17) is 18.9 Å². The van der Waals surface area contributed by atoms with Crippen molar-refractivity contribution in [2.45, 2.75) is 74.6 Å². The Hall–Kier alpha value is -4.59. The van der Waals surface area contributed by atoms with Crippen molar-refractivity contribution < 1.29 is 73.9 Å². The molecule has 8 N–H and O–H groups in total. The molecule has 17 heteroatoms. The summed E-state index contributed by atoms with van der Waals surface area (Å²) in [5.74, 6) is -7.09. The van der Waals surface area contributed by atoms with Crippen LogP contribution in [0.25, 0.3) is 0 Å². The van der Waals surface area contributed by atoms with Gasteiger partial charge in [-0.2, -0.15) is 0 Å². The molecule has 1 fully saturated rings. The molecule has 53 heavy (non-hydrogen) atoms. The van der Waals surface area contributed by atoms with Crippen molar-refractivity contribution in [3.05, 3.63) is 68.4 Å². The Kier molecular flexibility index (Phi) is 9.84. The van der Waals surface area contributed by atoms with Gasteiger partial charge >= 0.3 is 5.97 Å². The van der Waals surface area contributed by atoms with E-state index in [9.17, 15) is 54.9 Å². The Balaban J connectivity index is 1.56. The van der Waals surface area contributed by atoms with Gasteiger partial charge in [-0.05, 0) is 43.5 Å². The topological polar surface area (TPSA) is 271 Å². The number of aromatic hydroxyl groups is 2. The third-order valence-corrected chi connectivity index (χ3v) is 10.6. The first-order valence-electron chi connectivity index (χ1n) is 16.7. The molecule has 6 rings (SSSR count). The van der Waals surface area contributed by atoms with Crippen LogP contribution in [0.3, 0.4) is 0 Å². The predicted molar refractivity (Wildman–Crippen MR) is 181 cm³/mol. The highest BCUT2D eigenvalue weighted by Crippen LogP contribution is 2.56. The van der Waals surface area contributed by atoms with Crippen LogP contribution in [0.2, 0.25) is 0 Å². The lowest BCUT2D eigenvalue weighted by Gasteiger charge is -2.53. The molecule has 8 unspecified atom stereocenters. The maximum Gasteiger partial charge on any atom is 0.339 e.